The molecule has 27 heteroatoms. The molecule has 0 bridgehead atoms. The molecule has 19 nitrogen and oxygen atoms in total. The molecule has 0 unspecified atom stereocenters. The number of halogens is 3. The van der Waals surface area contributed by atoms with Crippen LogP contribution in [0.2, 0.25) is 38.3 Å². The number of alkyl halides is 3. The number of benzene rings is 1. The summed E-state index contributed by atoms with van der Waals surface area (Å²) in [6.07, 6.45) is 5.74. The third-order valence-corrected chi connectivity index (χ3v) is 23.1. The molecule has 0 aliphatic carbocycles. The van der Waals surface area contributed by atoms with E-state index in [-0.39, 0.29) is 58.9 Å². The zero-order valence-electron chi connectivity index (χ0n) is 52.1. The number of hydrogen-bond acceptors (Lipinski definition) is 18. The van der Waals surface area contributed by atoms with Crippen LogP contribution in [-0.2, 0) is 91.3 Å². The Morgan fingerprint density at radius 2 is 0.815 bits per heavy atom. The summed E-state index contributed by atoms with van der Waals surface area (Å²) in [7, 11) is -12.6. The standard InChI is InChI=1S/C25H50O11.C17H38O3Si2.C12H15F3NO4S2.Na/c1-5-25(2,3)24(26)36-23-22-35-21-20-34-19-18-33-17-16-32-15-14-31-13-12-30-11-10-29-9-8-28-7-6-27-4;1-9-11-14-21(5,6)20-22(7,8)15-12-13-19-16(18)17(3,4)10-2;1-4-11(2,3)9-5-7-10(8-6-9)21(17,18)16-22(19,20)12(13,14)15;/h5-23H2,1-4H3;9-15H2,1-8H3;5-8H,4H2,1-3H3;/q;;-1;+1. The maximum absolute atomic E-state index is 12.2. The van der Waals surface area contributed by atoms with E-state index < -0.39 is 52.5 Å². The van der Waals surface area contributed by atoms with Gasteiger partial charge in [-0.15, -0.1) is 0 Å². The van der Waals surface area contributed by atoms with E-state index in [1.165, 1.54) is 31.0 Å². The normalized spacial score (nSPS) is 12.7. The molecule has 474 valence electrons. The quantitative estimate of drug-likeness (QED) is 0.0347. The average Bonchev–Trinajstić information content (AvgIpc) is 3.38. The predicted octanol–water partition coefficient (Wildman–Crippen LogP) is 7.62. The molecule has 0 aliphatic heterocycles. The number of carbonyl (C=O) groups excluding carboxylic acids is 2. The number of sulfonamides is 2. The molecule has 0 aliphatic rings. The van der Waals surface area contributed by atoms with Crippen LogP contribution in [-0.4, -0.2) is 184 Å². The third-order valence-electron chi connectivity index (χ3n) is 12.5. The molecule has 81 heavy (non-hydrogen) atoms. The second kappa shape index (κ2) is 45.2. The van der Waals surface area contributed by atoms with Crippen LogP contribution in [0.1, 0.15) is 113 Å². The van der Waals surface area contributed by atoms with E-state index in [0.29, 0.717) is 119 Å². The third kappa shape index (κ3) is 42.4. The topological polar surface area (TPSA) is 227 Å². The van der Waals surface area contributed by atoms with Crippen molar-refractivity contribution in [3.8, 4) is 0 Å². The first-order chi connectivity index (χ1) is 37.2. The van der Waals surface area contributed by atoms with Gasteiger partial charge >= 0.3 is 47.0 Å². The van der Waals surface area contributed by atoms with Crippen LogP contribution in [0.4, 0.5) is 13.2 Å². The van der Waals surface area contributed by atoms with Gasteiger partial charge in [0.25, 0.3) is 0 Å². The molecule has 1 rings (SSSR count). The predicted molar refractivity (Wildman–Crippen MR) is 309 cm³/mol. The van der Waals surface area contributed by atoms with E-state index in [4.69, 9.17) is 56.2 Å². The van der Waals surface area contributed by atoms with Gasteiger partial charge in [0, 0.05) is 12.0 Å². The first kappa shape index (κ1) is 84.1. The van der Waals surface area contributed by atoms with Gasteiger partial charge < -0.3 is 60.3 Å². The molecule has 1 aromatic rings. The molecule has 0 aromatic heterocycles. The fourth-order valence-corrected chi connectivity index (χ4v) is 17.5. The summed E-state index contributed by atoms with van der Waals surface area (Å²) in [6.45, 7) is 38.3. The van der Waals surface area contributed by atoms with Crippen molar-refractivity contribution in [1.29, 1.82) is 0 Å². The number of carbonyl (C=O) groups is 2. The van der Waals surface area contributed by atoms with E-state index in [1.54, 1.807) is 7.11 Å². The fourth-order valence-electron chi connectivity index (χ4n) is 6.27. The Labute approximate surface area is 510 Å². The molecule has 0 fully saturated rings. The SMILES string of the molecule is CCC(C)(C)C(=O)OCCOCCOCCOCCOCCOCCOCCOCCOCCOC.CCC(C)(C)c1ccc(S(=O)(=O)[N-]S(=O)(=O)C(F)(F)F)cc1.CCCC[Si](C)(C)O[Si](C)(C)CCCOC(=O)C(C)(C)CC.[Na+]. The summed E-state index contributed by atoms with van der Waals surface area (Å²) in [4.78, 5) is 23.1. The minimum Gasteiger partial charge on any atom is -0.465 e. The molecule has 0 heterocycles. The average molecular weight is 1250 g/mol. The Balaban J connectivity index is -0.00000118. The van der Waals surface area contributed by atoms with Gasteiger partial charge in [-0.2, -0.15) is 13.2 Å². The van der Waals surface area contributed by atoms with Crippen LogP contribution in [0.3, 0.4) is 0 Å². The van der Waals surface area contributed by atoms with Crippen molar-refractivity contribution in [3.63, 3.8) is 0 Å². The summed E-state index contributed by atoms with van der Waals surface area (Å²) in [5.41, 5.74) is -6.05. The fraction of sp³-hybridized carbons (Fsp3) is 0.852. The number of methoxy groups -OCH3 is 1. The van der Waals surface area contributed by atoms with Crippen molar-refractivity contribution >= 4 is 48.6 Å². The molecule has 0 saturated heterocycles. The molecular weight excluding hydrogens is 1150 g/mol. The van der Waals surface area contributed by atoms with E-state index in [1.807, 2.05) is 66.4 Å². The molecule has 0 spiro atoms. The van der Waals surface area contributed by atoms with Crippen LogP contribution in [0.5, 0.6) is 0 Å². The maximum Gasteiger partial charge on any atom is 1.00 e. The van der Waals surface area contributed by atoms with Crippen molar-refractivity contribution in [2.24, 2.45) is 10.8 Å². The van der Waals surface area contributed by atoms with Gasteiger partial charge in [-0.25, -0.2) is 16.8 Å². The maximum atomic E-state index is 12.2. The Hall–Kier alpha value is -1.16. The van der Waals surface area contributed by atoms with Crippen molar-refractivity contribution in [2.45, 2.75) is 162 Å². The summed E-state index contributed by atoms with van der Waals surface area (Å²) in [5, 5.41) is 0. The van der Waals surface area contributed by atoms with E-state index >= 15 is 0 Å². The second-order valence-electron chi connectivity index (χ2n) is 21.7. The molecular formula is C54H103F3NNaO18S2Si2. The van der Waals surface area contributed by atoms with E-state index in [2.05, 4.69) is 33.1 Å². The number of rotatable bonds is 45. The Morgan fingerprint density at radius 1 is 0.494 bits per heavy atom. The van der Waals surface area contributed by atoms with Gasteiger partial charge in [0.05, 0.1) is 130 Å². The molecule has 0 saturated carbocycles. The number of esters is 2. The zero-order valence-corrected chi connectivity index (χ0v) is 57.8. The number of unbranched alkanes of at least 4 members (excludes halogenated alkanes) is 1. The van der Waals surface area contributed by atoms with E-state index in [9.17, 15) is 39.6 Å². The number of hydrogen-bond donors (Lipinski definition) is 0. The molecule has 0 amide bonds. The smallest absolute Gasteiger partial charge is 0.465 e. The van der Waals surface area contributed by atoms with Gasteiger partial charge in [0.15, 0.2) is 26.7 Å². The monoisotopic (exact) mass is 1250 g/mol. The van der Waals surface area contributed by atoms with Crippen molar-refractivity contribution in [1.82, 2.24) is 0 Å². The Bertz CT molecular complexity index is 1990. The van der Waals surface area contributed by atoms with Gasteiger partial charge in [-0.1, -0.05) is 66.5 Å². The Morgan fingerprint density at radius 3 is 1.12 bits per heavy atom. The summed E-state index contributed by atoms with van der Waals surface area (Å²) in [6, 6.07) is 7.24. The molecule has 0 atom stereocenters. The largest absolute Gasteiger partial charge is 1.00 e. The number of nitrogens with zero attached hydrogens (tertiary/aromatic N) is 1. The van der Waals surface area contributed by atoms with Gasteiger partial charge in [-0.05, 0) is 115 Å². The number of ether oxygens (including phenoxy) is 11. The first-order valence-corrected chi connectivity index (χ1v) is 36.9. The summed E-state index contributed by atoms with van der Waals surface area (Å²) >= 11 is 0. The first-order valence-electron chi connectivity index (χ1n) is 27.8. The van der Waals surface area contributed by atoms with Crippen molar-refractivity contribution < 1.29 is 125 Å². The molecule has 0 radical (unpaired) electrons. The van der Waals surface area contributed by atoms with Crippen LogP contribution in [0, 0.1) is 10.8 Å². The van der Waals surface area contributed by atoms with Crippen LogP contribution in [0.15, 0.2) is 29.2 Å². The van der Waals surface area contributed by atoms with Crippen molar-refractivity contribution in [3.05, 3.63) is 34.0 Å². The minimum atomic E-state index is -6.11. The van der Waals surface area contributed by atoms with E-state index in [0.717, 1.165) is 49.4 Å². The van der Waals surface area contributed by atoms with Crippen molar-refractivity contribution in [2.75, 3.05) is 133 Å². The molecule has 0 N–H and O–H groups in total. The van der Waals surface area contributed by atoms with Crippen LogP contribution in [0.25, 0.3) is 4.13 Å². The summed E-state index contributed by atoms with van der Waals surface area (Å²) in [5.74, 6) is -0.272. The molecule has 1 aromatic carbocycles. The van der Waals surface area contributed by atoms with Crippen LogP contribution >= 0.6 is 0 Å². The van der Waals surface area contributed by atoms with Gasteiger partial charge in [-0.3, -0.25) is 9.59 Å². The second-order valence-corrected chi connectivity index (χ2v) is 34.0. The summed E-state index contributed by atoms with van der Waals surface area (Å²) < 4.78 is 149. The van der Waals surface area contributed by atoms with Gasteiger partial charge in [0.2, 0.25) is 0 Å². The van der Waals surface area contributed by atoms with Crippen LogP contribution < -0.4 is 29.6 Å². The Kier molecular flexibility index (Phi) is 46.9. The van der Waals surface area contributed by atoms with Gasteiger partial charge in [0.1, 0.15) is 16.6 Å². The zero-order chi connectivity index (χ0) is 61.4. The minimum absolute atomic E-state index is 0.